The van der Waals surface area contributed by atoms with Gasteiger partial charge in [0.25, 0.3) is 0 Å². The molecule has 1 heterocycles. The number of aromatic nitrogens is 4. The summed E-state index contributed by atoms with van der Waals surface area (Å²) in [6.45, 7) is 0. The van der Waals surface area contributed by atoms with Gasteiger partial charge in [-0.05, 0) is 34.7 Å². The lowest BCUT2D eigenvalue weighted by molar-refractivity contribution is -0.274. The van der Waals surface area contributed by atoms with E-state index in [1.54, 1.807) is 0 Å². The molecule has 0 aliphatic carbocycles. The number of benzene rings is 1. The SMILES string of the molecule is N#CCCSc1nnnn1-c1ccc(OC(F)(F)F)cc1. The monoisotopic (exact) mass is 315 g/mol. The number of thioether (sulfide) groups is 1. The number of hydrogen-bond donors (Lipinski definition) is 0. The first-order chi connectivity index (χ1) is 9.99. The van der Waals surface area contributed by atoms with Gasteiger partial charge in [0.2, 0.25) is 5.16 Å². The van der Waals surface area contributed by atoms with Crippen LogP contribution in [0.2, 0.25) is 0 Å². The normalized spacial score (nSPS) is 11.1. The van der Waals surface area contributed by atoms with Gasteiger partial charge < -0.3 is 4.74 Å². The van der Waals surface area contributed by atoms with Gasteiger partial charge >= 0.3 is 6.36 Å². The van der Waals surface area contributed by atoms with Gasteiger partial charge in [-0.3, -0.25) is 0 Å². The maximum Gasteiger partial charge on any atom is 0.573 e. The van der Waals surface area contributed by atoms with E-state index in [-0.39, 0.29) is 5.75 Å². The van der Waals surface area contributed by atoms with E-state index in [1.807, 2.05) is 6.07 Å². The highest BCUT2D eigenvalue weighted by molar-refractivity contribution is 7.99. The Morgan fingerprint density at radius 1 is 1.29 bits per heavy atom. The van der Waals surface area contributed by atoms with Crippen molar-refractivity contribution in [1.29, 1.82) is 5.26 Å². The number of ether oxygens (including phenoxy) is 1. The van der Waals surface area contributed by atoms with E-state index in [2.05, 4.69) is 20.3 Å². The Balaban J connectivity index is 2.12. The lowest BCUT2D eigenvalue weighted by Crippen LogP contribution is -2.17. The summed E-state index contributed by atoms with van der Waals surface area (Å²) in [6.07, 6.45) is -4.38. The molecule has 6 nitrogen and oxygen atoms in total. The zero-order chi connectivity index (χ0) is 15.3. The zero-order valence-electron chi connectivity index (χ0n) is 10.4. The Hall–Kier alpha value is -2.28. The van der Waals surface area contributed by atoms with Crippen molar-refractivity contribution in [3.63, 3.8) is 0 Å². The summed E-state index contributed by atoms with van der Waals surface area (Å²) in [7, 11) is 0. The molecule has 1 aromatic heterocycles. The smallest absolute Gasteiger partial charge is 0.406 e. The maximum atomic E-state index is 12.1. The molecule has 0 radical (unpaired) electrons. The average Bonchev–Trinajstić information content (AvgIpc) is 2.86. The van der Waals surface area contributed by atoms with Gasteiger partial charge in [0.1, 0.15) is 5.75 Å². The molecule has 0 fully saturated rings. The molecular formula is C11H8F3N5OS. The van der Waals surface area contributed by atoms with Crippen molar-refractivity contribution in [1.82, 2.24) is 20.2 Å². The second kappa shape index (κ2) is 6.45. The van der Waals surface area contributed by atoms with Crippen LogP contribution in [0.4, 0.5) is 13.2 Å². The third-order valence-corrected chi connectivity index (χ3v) is 3.12. The lowest BCUT2D eigenvalue weighted by Gasteiger charge is -2.09. The maximum absolute atomic E-state index is 12.1. The number of alkyl halides is 3. The molecule has 2 aromatic rings. The van der Waals surface area contributed by atoms with Crippen LogP contribution in [0.25, 0.3) is 5.69 Å². The first-order valence-corrected chi connectivity index (χ1v) is 6.62. The molecule has 0 spiro atoms. The fourth-order valence-electron chi connectivity index (χ4n) is 1.41. The third-order valence-electron chi connectivity index (χ3n) is 2.20. The highest BCUT2D eigenvalue weighted by Crippen LogP contribution is 2.25. The van der Waals surface area contributed by atoms with Crippen LogP contribution < -0.4 is 4.74 Å². The minimum Gasteiger partial charge on any atom is -0.406 e. The van der Waals surface area contributed by atoms with Crippen molar-refractivity contribution in [3.8, 4) is 17.5 Å². The summed E-state index contributed by atoms with van der Waals surface area (Å²) in [5, 5.41) is 20.0. The molecule has 0 bridgehead atoms. The van der Waals surface area contributed by atoms with Crippen LogP contribution in [0, 0.1) is 11.3 Å². The molecule has 1 aromatic carbocycles. The first kappa shape index (κ1) is 15.1. The standard InChI is InChI=1S/C11H8F3N5OS/c12-11(13,14)20-9-4-2-8(3-5-9)19-10(16-17-18-19)21-7-1-6-15/h2-5H,1,7H2. The molecule has 10 heteroatoms. The van der Waals surface area contributed by atoms with Crippen molar-refractivity contribution in [3.05, 3.63) is 24.3 Å². The van der Waals surface area contributed by atoms with Crippen LogP contribution >= 0.6 is 11.8 Å². The molecule has 0 atom stereocenters. The van der Waals surface area contributed by atoms with Crippen molar-refractivity contribution >= 4 is 11.8 Å². The number of nitriles is 1. The fraction of sp³-hybridized carbons (Fsp3) is 0.273. The average molecular weight is 315 g/mol. The second-order valence-corrected chi connectivity index (χ2v) is 4.73. The Bertz CT molecular complexity index is 635. The quantitative estimate of drug-likeness (QED) is 0.623. The van der Waals surface area contributed by atoms with Crippen LogP contribution in [0.5, 0.6) is 5.75 Å². The topological polar surface area (TPSA) is 76.6 Å². The molecule has 0 aliphatic heterocycles. The van der Waals surface area contributed by atoms with Crippen LogP contribution in [0.3, 0.4) is 0 Å². The third kappa shape index (κ3) is 4.35. The van der Waals surface area contributed by atoms with Gasteiger partial charge in [-0.15, -0.1) is 18.3 Å². The molecule has 0 saturated heterocycles. The van der Waals surface area contributed by atoms with Crippen LogP contribution in [-0.2, 0) is 0 Å². The molecule has 2 rings (SSSR count). The van der Waals surface area contributed by atoms with E-state index in [0.717, 1.165) is 0 Å². The Labute approximate surface area is 121 Å². The summed E-state index contributed by atoms with van der Waals surface area (Å²) in [5.74, 6) is 0.199. The fourth-order valence-corrected chi connectivity index (χ4v) is 2.14. The van der Waals surface area contributed by atoms with Crippen molar-refractivity contribution in [2.75, 3.05) is 5.75 Å². The molecule has 0 saturated carbocycles. The highest BCUT2D eigenvalue weighted by atomic mass is 32.2. The number of tetrazole rings is 1. The van der Waals surface area contributed by atoms with Crippen molar-refractivity contribution in [2.45, 2.75) is 17.9 Å². The van der Waals surface area contributed by atoms with Gasteiger partial charge in [-0.1, -0.05) is 11.8 Å². The zero-order valence-corrected chi connectivity index (χ0v) is 11.2. The van der Waals surface area contributed by atoms with Gasteiger partial charge in [-0.2, -0.15) is 9.94 Å². The first-order valence-electron chi connectivity index (χ1n) is 5.64. The van der Waals surface area contributed by atoms with E-state index < -0.39 is 6.36 Å². The molecule has 0 amide bonds. The minimum absolute atomic E-state index is 0.321. The lowest BCUT2D eigenvalue weighted by atomic mass is 10.3. The highest BCUT2D eigenvalue weighted by Gasteiger charge is 2.31. The molecule has 0 N–H and O–H groups in total. The van der Waals surface area contributed by atoms with Crippen molar-refractivity contribution in [2.24, 2.45) is 0 Å². The summed E-state index contributed by atoms with van der Waals surface area (Å²) >= 11 is 1.28. The van der Waals surface area contributed by atoms with E-state index in [9.17, 15) is 13.2 Å². The Morgan fingerprint density at radius 3 is 2.62 bits per heavy atom. The second-order valence-electron chi connectivity index (χ2n) is 3.67. The van der Waals surface area contributed by atoms with Crippen molar-refractivity contribution < 1.29 is 17.9 Å². The molecule has 110 valence electrons. The number of hydrogen-bond acceptors (Lipinski definition) is 6. The van der Waals surface area contributed by atoms with Gasteiger partial charge in [0.05, 0.1) is 11.8 Å². The van der Waals surface area contributed by atoms with E-state index in [0.29, 0.717) is 23.0 Å². The molecule has 0 aliphatic rings. The molecular weight excluding hydrogens is 307 g/mol. The number of nitrogens with zero attached hydrogens (tertiary/aromatic N) is 5. The summed E-state index contributed by atoms with van der Waals surface area (Å²) in [5.41, 5.74) is 0.494. The number of halogens is 3. The minimum atomic E-state index is -4.73. The van der Waals surface area contributed by atoms with E-state index >= 15 is 0 Å². The summed E-state index contributed by atoms with van der Waals surface area (Å²) < 4.78 is 41.3. The molecule has 0 unspecified atom stereocenters. The van der Waals surface area contributed by atoms with Gasteiger partial charge in [0.15, 0.2) is 0 Å². The Kier molecular flexibility index (Phi) is 4.64. The van der Waals surface area contributed by atoms with Crippen LogP contribution in [0.15, 0.2) is 29.4 Å². The van der Waals surface area contributed by atoms with E-state index in [4.69, 9.17) is 5.26 Å². The van der Waals surface area contributed by atoms with Crippen LogP contribution in [0.1, 0.15) is 6.42 Å². The van der Waals surface area contributed by atoms with E-state index in [1.165, 1.54) is 40.7 Å². The summed E-state index contributed by atoms with van der Waals surface area (Å²) in [4.78, 5) is 0. The molecule has 21 heavy (non-hydrogen) atoms. The number of rotatable bonds is 5. The Morgan fingerprint density at radius 2 is 2.00 bits per heavy atom. The van der Waals surface area contributed by atoms with Gasteiger partial charge in [-0.25, -0.2) is 0 Å². The van der Waals surface area contributed by atoms with Crippen LogP contribution in [-0.4, -0.2) is 32.3 Å². The predicted octanol–water partition coefficient (Wildman–Crippen LogP) is 2.57. The van der Waals surface area contributed by atoms with Gasteiger partial charge in [0, 0.05) is 12.2 Å². The summed E-state index contributed by atoms with van der Waals surface area (Å²) in [6, 6.07) is 7.16. The predicted molar refractivity (Wildman–Crippen MR) is 66.8 cm³/mol. The largest absolute Gasteiger partial charge is 0.573 e.